The molecule has 0 N–H and O–H groups in total. The fourth-order valence-electron chi connectivity index (χ4n) is 1.67. The molecule has 1 heterocycles. The molecule has 1 rings (SSSR count). The molecule has 2 nitrogen and oxygen atoms in total. The van der Waals surface area contributed by atoms with E-state index in [1.807, 2.05) is 0 Å². The predicted octanol–water partition coefficient (Wildman–Crippen LogP) is 2.37. The summed E-state index contributed by atoms with van der Waals surface area (Å²) in [5, 5.41) is 0. The molecule has 0 aromatic rings. The summed E-state index contributed by atoms with van der Waals surface area (Å²) in [7, 11) is 0. The molecule has 0 aromatic carbocycles. The second kappa shape index (κ2) is 4.17. The lowest BCUT2D eigenvalue weighted by Gasteiger charge is -2.36. The van der Waals surface area contributed by atoms with Crippen LogP contribution >= 0.6 is 12.8 Å². The van der Waals surface area contributed by atoms with E-state index in [-0.39, 0.29) is 0 Å². The summed E-state index contributed by atoms with van der Waals surface area (Å²) >= 11 is 4.00. The van der Waals surface area contributed by atoms with Gasteiger partial charge < -0.3 is 4.90 Å². The van der Waals surface area contributed by atoms with Crippen molar-refractivity contribution in [1.82, 2.24) is 4.90 Å². The standard InChI is InChI=1S/C9H18N2S/c1-7(2)11-5-4-8(3)6-9(11)10-12/h7-8,12H,4-6H2,1-3H3/b10-9-. The van der Waals surface area contributed by atoms with Crippen LogP contribution in [0.15, 0.2) is 4.40 Å². The Kier molecular flexibility index (Phi) is 3.44. The Bertz CT molecular complexity index is 177. The van der Waals surface area contributed by atoms with E-state index in [4.69, 9.17) is 0 Å². The van der Waals surface area contributed by atoms with Gasteiger partial charge in [0.15, 0.2) is 0 Å². The molecular weight excluding hydrogens is 168 g/mol. The van der Waals surface area contributed by atoms with Crippen molar-refractivity contribution < 1.29 is 0 Å². The number of thiol groups is 1. The van der Waals surface area contributed by atoms with E-state index in [0.717, 1.165) is 24.7 Å². The third kappa shape index (κ3) is 2.16. The monoisotopic (exact) mass is 186 g/mol. The first kappa shape index (κ1) is 9.90. The number of nitrogens with zero attached hydrogens (tertiary/aromatic N) is 2. The Balaban J connectivity index is 2.63. The van der Waals surface area contributed by atoms with Gasteiger partial charge in [-0.2, -0.15) is 0 Å². The fourth-order valence-corrected chi connectivity index (χ4v) is 1.87. The Morgan fingerprint density at radius 2 is 2.25 bits per heavy atom. The molecule has 0 amide bonds. The summed E-state index contributed by atoms with van der Waals surface area (Å²) in [6.45, 7) is 7.82. The SMILES string of the molecule is CC1CCN(C(C)C)/C(=N\S)C1. The Morgan fingerprint density at radius 3 is 2.75 bits per heavy atom. The number of hydrogen-bond donors (Lipinski definition) is 1. The number of rotatable bonds is 1. The highest BCUT2D eigenvalue weighted by molar-refractivity contribution is 7.79. The zero-order chi connectivity index (χ0) is 9.14. The van der Waals surface area contributed by atoms with Gasteiger partial charge in [0.05, 0.1) is 0 Å². The molecule has 0 radical (unpaired) electrons. The van der Waals surface area contributed by atoms with Crippen LogP contribution in [0.5, 0.6) is 0 Å². The van der Waals surface area contributed by atoms with Gasteiger partial charge in [0, 0.05) is 19.0 Å². The molecule has 1 aliphatic heterocycles. The lowest BCUT2D eigenvalue weighted by atomic mass is 9.97. The van der Waals surface area contributed by atoms with Gasteiger partial charge in [0.2, 0.25) is 0 Å². The molecule has 1 fully saturated rings. The molecule has 1 atom stereocenters. The third-order valence-corrected chi connectivity index (χ3v) is 2.70. The molecule has 1 aliphatic rings. The smallest absolute Gasteiger partial charge is 0.113 e. The van der Waals surface area contributed by atoms with E-state index in [1.54, 1.807) is 0 Å². The highest BCUT2D eigenvalue weighted by atomic mass is 32.1. The van der Waals surface area contributed by atoms with Crippen LogP contribution in [0, 0.1) is 5.92 Å². The van der Waals surface area contributed by atoms with Gasteiger partial charge in [-0.15, -0.1) is 0 Å². The Morgan fingerprint density at radius 1 is 1.58 bits per heavy atom. The summed E-state index contributed by atoms with van der Waals surface area (Å²) in [4.78, 5) is 2.34. The first-order chi connectivity index (χ1) is 5.65. The number of hydrogen-bond acceptors (Lipinski definition) is 2. The van der Waals surface area contributed by atoms with E-state index < -0.39 is 0 Å². The first-order valence-electron chi connectivity index (χ1n) is 4.62. The van der Waals surface area contributed by atoms with Crippen LogP contribution in [0.2, 0.25) is 0 Å². The van der Waals surface area contributed by atoms with Gasteiger partial charge in [0.1, 0.15) is 5.84 Å². The van der Waals surface area contributed by atoms with Gasteiger partial charge in [0.25, 0.3) is 0 Å². The Labute approximate surface area is 80.6 Å². The van der Waals surface area contributed by atoms with Crippen LogP contribution in [-0.2, 0) is 0 Å². The van der Waals surface area contributed by atoms with Crippen molar-refractivity contribution in [3.63, 3.8) is 0 Å². The molecular formula is C9H18N2S. The van der Waals surface area contributed by atoms with Gasteiger partial charge in [-0.05, 0) is 39.0 Å². The lowest BCUT2D eigenvalue weighted by Crippen LogP contribution is -2.42. The molecule has 0 saturated carbocycles. The zero-order valence-electron chi connectivity index (χ0n) is 8.12. The van der Waals surface area contributed by atoms with Crippen molar-refractivity contribution in [2.24, 2.45) is 10.3 Å². The fraction of sp³-hybridized carbons (Fsp3) is 0.889. The summed E-state index contributed by atoms with van der Waals surface area (Å²) < 4.78 is 4.04. The van der Waals surface area contributed by atoms with Crippen molar-refractivity contribution in [3.8, 4) is 0 Å². The highest BCUT2D eigenvalue weighted by Gasteiger charge is 2.22. The molecule has 1 unspecified atom stereocenters. The second-order valence-corrected chi connectivity index (χ2v) is 4.10. The quantitative estimate of drug-likeness (QED) is 0.622. The maximum absolute atomic E-state index is 4.04. The van der Waals surface area contributed by atoms with Gasteiger partial charge >= 0.3 is 0 Å². The zero-order valence-corrected chi connectivity index (χ0v) is 9.01. The maximum atomic E-state index is 4.04. The van der Waals surface area contributed by atoms with E-state index in [0.29, 0.717) is 6.04 Å². The van der Waals surface area contributed by atoms with E-state index in [1.165, 1.54) is 6.42 Å². The van der Waals surface area contributed by atoms with Crippen molar-refractivity contribution in [1.29, 1.82) is 0 Å². The lowest BCUT2D eigenvalue weighted by molar-refractivity contribution is 0.282. The largest absolute Gasteiger partial charge is 0.357 e. The van der Waals surface area contributed by atoms with E-state index in [9.17, 15) is 0 Å². The van der Waals surface area contributed by atoms with Crippen molar-refractivity contribution in [3.05, 3.63) is 0 Å². The molecule has 0 aromatic heterocycles. The third-order valence-electron chi connectivity index (χ3n) is 2.46. The summed E-state index contributed by atoms with van der Waals surface area (Å²) in [6.07, 6.45) is 2.37. The topological polar surface area (TPSA) is 15.6 Å². The highest BCUT2D eigenvalue weighted by Crippen LogP contribution is 2.20. The van der Waals surface area contributed by atoms with Gasteiger partial charge in [-0.25, -0.2) is 4.40 Å². The predicted molar refractivity (Wildman–Crippen MR) is 56.7 cm³/mol. The minimum Gasteiger partial charge on any atom is -0.357 e. The molecule has 0 bridgehead atoms. The summed E-state index contributed by atoms with van der Waals surface area (Å²) in [6, 6.07) is 0.559. The van der Waals surface area contributed by atoms with E-state index in [2.05, 4.69) is 42.9 Å². The Hall–Kier alpha value is -0.180. The number of piperidine rings is 1. The van der Waals surface area contributed by atoms with Crippen LogP contribution < -0.4 is 0 Å². The number of likely N-dealkylation sites (tertiary alicyclic amines) is 1. The van der Waals surface area contributed by atoms with Crippen LogP contribution in [0.4, 0.5) is 0 Å². The minimum atomic E-state index is 0.559. The normalized spacial score (nSPS) is 28.6. The van der Waals surface area contributed by atoms with Crippen LogP contribution in [0.1, 0.15) is 33.6 Å². The van der Waals surface area contributed by atoms with Crippen LogP contribution in [0.3, 0.4) is 0 Å². The minimum absolute atomic E-state index is 0.559. The van der Waals surface area contributed by atoms with Gasteiger partial charge in [-0.1, -0.05) is 6.92 Å². The average molecular weight is 186 g/mol. The summed E-state index contributed by atoms with van der Waals surface area (Å²) in [5.74, 6) is 1.93. The van der Waals surface area contributed by atoms with Crippen LogP contribution in [-0.4, -0.2) is 23.3 Å². The van der Waals surface area contributed by atoms with Crippen LogP contribution in [0.25, 0.3) is 0 Å². The maximum Gasteiger partial charge on any atom is 0.113 e. The first-order valence-corrected chi connectivity index (χ1v) is 5.02. The van der Waals surface area contributed by atoms with Crippen molar-refractivity contribution in [2.45, 2.75) is 39.7 Å². The molecule has 0 spiro atoms. The van der Waals surface area contributed by atoms with Crippen molar-refractivity contribution in [2.75, 3.05) is 6.54 Å². The second-order valence-electron chi connectivity index (χ2n) is 3.90. The average Bonchev–Trinajstić information content (AvgIpc) is 2.03. The molecule has 12 heavy (non-hydrogen) atoms. The molecule has 70 valence electrons. The van der Waals surface area contributed by atoms with Crippen molar-refractivity contribution >= 4 is 18.7 Å². The molecule has 1 saturated heterocycles. The molecule has 0 aliphatic carbocycles. The van der Waals surface area contributed by atoms with E-state index >= 15 is 0 Å². The molecule has 3 heteroatoms. The summed E-state index contributed by atoms with van der Waals surface area (Å²) in [5.41, 5.74) is 0. The van der Waals surface area contributed by atoms with Gasteiger partial charge in [-0.3, -0.25) is 0 Å². The number of amidine groups is 1.